The SMILES string of the molecule is CN(C)C(=O)/C=C/CC[C@H](OC(=O)N1CCCC1)C(=O)Nc1cccn(Cc2cc3cc(F)cc(OCc4ccc(F)cc4F)c3n2C(=O)O)c1=O. The molecule has 1 atom stereocenters. The average Bonchev–Trinajstić information content (AvgIpc) is 3.76. The molecule has 0 spiro atoms. The van der Waals surface area contributed by atoms with Gasteiger partial charge in [0.25, 0.3) is 11.5 Å². The van der Waals surface area contributed by atoms with Gasteiger partial charge in [0.15, 0.2) is 6.10 Å². The molecule has 0 saturated carbocycles. The van der Waals surface area contributed by atoms with Crippen LogP contribution in [0.5, 0.6) is 5.75 Å². The molecule has 0 unspecified atom stereocenters. The Hall–Kier alpha value is -6.06. The Bertz CT molecular complexity index is 2090. The monoisotopic (exact) mass is 723 g/mol. The number of carbonyl (C=O) groups is 4. The lowest BCUT2D eigenvalue weighted by Crippen LogP contribution is -2.39. The highest BCUT2D eigenvalue weighted by molar-refractivity contribution is 5.96. The van der Waals surface area contributed by atoms with Crippen LogP contribution >= 0.6 is 0 Å². The molecule has 3 heterocycles. The molecule has 0 bridgehead atoms. The van der Waals surface area contributed by atoms with Gasteiger partial charge in [0.2, 0.25) is 5.91 Å². The number of rotatable bonds is 12. The van der Waals surface area contributed by atoms with Crippen molar-refractivity contribution in [3.05, 3.63) is 106 Å². The Morgan fingerprint density at radius 1 is 1.02 bits per heavy atom. The Morgan fingerprint density at radius 3 is 2.46 bits per heavy atom. The largest absolute Gasteiger partial charge is 0.486 e. The van der Waals surface area contributed by atoms with Crippen LogP contribution in [-0.4, -0.2) is 81.3 Å². The van der Waals surface area contributed by atoms with Crippen LogP contribution in [0.3, 0.4) is 0 Å². The summed E-state index contributed by atoms with van der Waals surface area (Å²) in [4.78, 5) is 67.1. The number of pyridine rings is 1. The summed E-state index contributed by atoms with van der Waals surface area (Å²) in [5.74, 6) is -3.78. The van der Waals surface area contributed by atoms with Gasteiger partial charge < -0.3 is 34.3 Å². The summed E-state index contributed by atoms with van der Waals surface area (Å²) in [6.45, 7) is 0.141. The number of carbonyl (C=O) groups excluding carboxylic acids is 3. The normalized spacial score (nSPS) is 13.4. The highest BCUT2D eigenvalue weighted by atomic mass is 19.1. The van der Waals surface area contributed by atoms with Crippen molar-refractivity contribution in [2.45, 2.75) is 44.9 Å². The van der Waals surface area contributed by atoms with E-state index in [-0.39, 0.29) is 58.9 Å². The van der Waals surface area contributed by atoms with Gasteiger partial charge in [-0.15, -0.1) is 0 Å². The molecule has 0 aliphatic carbocycles. The number of likely N-dealkylation sites (N-methyl/N-ethyl adjacent to an activating group) is 1. The van der Waals surface area contributed by atoms with Crippen molar-refractivity contribution >= 4 is 40.6 Å². The lowest BCUT2D eigenvalue weighted by molar-refractivity contribution is -0.125. The number of nitrogens with zero attached hydrogens (tertiary/aromatic N) is 4. The average molecular weight is 724 g/mol. The van der Waals surface area contributed by atoms with Crippen LogP contribution in [0.1, 0.15) is 36.9 Å². The van der Waals surface area contributed by atoms with Crippen molar-refractivity contribution in [2.75, 3.05) is 32.5 Å². The maximum absolute atomic E-state index is 14.6. The molecule has 1 saturated heterocycles. The third-order valence-electron chi connectivity index (χ3n) is 8.30. The highest BCUT2D eigenvalue weighted by Gasteiger charge is 2.28. The second-order valence-corrected chi connectivity index (χ2v) is 12.2. The van der Waals surface area contributed by atoms with Crippen LogP contribution in [0.4, 0.5) is 28.4 Å². The minimum absolute atomic E-state index is 0.0110. The molecule has 0 radical (unpaired) electrons. The summed E-state index contributed by atoms with van der Waals surface area (Å²) in [7, 11) is 3.17. The van der Waals surface area contributed by atoms with Crippen molar-refractivity contribution < 1.29 is 46.9 Å². The zero-order chi connectivity index (χ0) is 37.5. The molecule has 16 heteroatoms. The van der Waals surface area contributed by atoms with Gasteiger partial charge in [-0.05, 0) is 68.2 Å². The van der Waals surface area contributed by atoms with Gasteiger partial charge in [-0.25, -0.2) is 27.3 Å². The Morgan fingerprint density at radius 2 is 1.77 bits per heavy atom. The Labute approximate surface area is 295 Å². The zero-order valence-electron chi connectivity index (χ0n) is 28.3. The Balaban J connectivity index is 1.39. The molecule has 274 valence electrons. The summed E-state index contributed by atoms with van der Waals surface area (Å²) in [6, 6.07) is 8.93. The second-order valence-electron chi connectivity index (χ2n) is 12.2. The van der Waals surface area contributed by atoms with Crippen molar-refractivity contribution in [3.63, 3.8) is 0 Å². The molecule has 52 heavy (non-hydrogen) atoms. The molecule has 2 N–H and O–H groups in total. The summed E-state index contributed by atoms with van der Waals surface area (Å²) in [6.07, 6.45) is 2.56. The number of hydrogen-bond donors (Lipinski definition) is 2. The van der Waals surface area contributed by atoms with Crippen molar-refractivity contribution in [3.8, 4) is 5.75 Å². The quantitative estimate of drug-likeness (QED) is 0.186. The number of anilines is 1. The van der Waals surface area contributed by atoms with E-state index in [1.165, 1.54) is 40.3 Å². The first-order valence-electron chi connectivity index (χ1n) is 16.3. The van der Waals surface area contributed by atoms with E-state index in [2.05, 4.69) is 5.32 Å². The summed E-state index contributed by atoms with van der Waals surface area (Å²) >= 11 is 0. The fourth-order valence-corrected chi connectivity index (χ4v) is 5.64. The summed E-state index contributed by atoms with van der Waals surface area (Å²) < 4.78 is 55.3. The second kappa shape index (κ2) is 16.3. The van der Waals surface area contributed by atoms with Gasteiger partial charge in [-0.3, -0.25) is 14.4 Å². The van der Waals surface area contributed by atoms with E-state index in [0.717, 1.165) is 46.2 Å². The first kappa shape index (κ1) is 37.2. The van der Waals surface area contributed by atoms with Crippen LogP contribution in [0.25, 0.3) is 10.9 Å². The number of nitrogens with one attached hydrogen (secondary N) is 1. The number of fused-ring (bicyclic) bond motifs is 1. The van der Waals surface area contributed by atoms with E-state index in [9.17, 15) is 42.3 Å². The zero-order valence-corrected chi connectivity index (χ0v) is 28.3. The molecule has 2 aromatic heterocycles. The number of halogens is 3. The van der Waals surface area contributed by atoms with E-state index >= 15 is 0 Å². The van der Waals surface area contributed by atoms with Crippen LogP contribution in [-0.2, 0) is 27.5 Å². The number of carboxylic acid groups (broad SMARTS) is 1. The topological polar surface area (TPSA) is 152 Å². The molecule has 4 aromatic rings. The molecular weight excluding hydrogens is 687 g/mol. The molecule has 1 fully saturated rings. The van der Waals surface area contributed by atoms with E-state index in [4.69, 9.17) is 9.47 Å². The van der Waals surface area contributed by atoms with Crippen LogP contribution in [0, 0.1) is 17.5 Å². The minimum Gasteiger partial charge on any atom is -0.486 e. The number of allylic oxidation sites excluding steroid dienone is 1. The predicted molar refractivity (Wildman–Crippen MR) is 183 cm³/mol. The maximum Gasteiger partial charge on any atom is 0.416 e. The number of amides is 3. The smallest absolute Gasteiger partial charge is 0.416 e. The van der Waals surface area contributed by atoms with E-state index in [1.807, 2.05) is 0 Å². The number of hydrogen-bond acceptors (Lipinski definition) is 7. The first-order chi connectivity index (χ1) is 24.8. The van der Waals surface area contributed by atoms with Gasteiger partial charge in [0.1, 0.15) is 41.0 Å². The summed E-state index contributed by atoms with van der Waals surface area (Å²) in [5.41, 5.74) is -1.03. The number of benzene rings is 2. The first-order valence-corrected chi connectivity index (χ1v) is 16.3. The van der Waals surface area contributed by atoms with Crippen molar-refractivity contribution in [1.29, 1.82) is 0 Å². The van der Waals surface area contributed by atoms with Crippen LogP contribution in [0.15, 0.2) is 71.7 Å². The van der Waals surface area contributed by atoms with Gasteiger partial charge >= 0.3 is 12.2 Å². The molecule has 2 aromatic carbocycles. The molecule has 1 aliphatic rings. The lowest BCUT2D eigenvalue weighted by Gasteiger charge is -2.21. The fourth-order valence-electron chi connectivity index (χ4n) is 5.64. The maximum atomic E-state index is 14.6. The number of likely N-dealkylation sites (tertiary alicyclic amines) is 1. The molecule has 5 rings (SSSR count). The van der Waals surface area contributed by atoms with Gasteiger partial charge in [0, 0.05) is 56.5 Å². The van der Waals surface area contributed by atoms with Crippen LogP contribution in [0.2, 0.25) is 0 Å². The van der Waals surface area contributed by atoms with Gasteiger partial charge in [0.05, 0.1) is 12.2 Å². The molecule has 1 aliphatic heterocycles. The van der Waals surface area contributed by atoms with Crippen molar-refractivity contribution in [2.24, 2.45) is 0 Å². The fraction of sp³-hybridized carbons (Fsp3) is 0.306. The Kier molecular flexibility index (Phi) is 11.7. The summed E-state index contributed by atoms with van der Waals surface area (Å²) in [5, 5.41) is 12.8. The molecular formula is C36H36F3N5O8. The minimum atomic E-state index is -1.49. The van der Waals surface area contributed by atoms with E-state index in [1.54, 1.807) is 20.2 Å². The molecule has 13 nitrogen and oxygen atoms in total. The third kappa shape index (κ3) is 8.80. The number of ether oxygens (including phenoxy) is 2. The highest BCUT2D eigenvalue weighted by Crippen LogP contribution is 2.32. The van der Waals surface area contributed by atoms with E-state index < -0.39 is 53.8 Å². The number of aromatic nitrogens is 2. The third-order valence-corrected chi connectivity index (χ3v) is 8.30. The molecule has 3 amide bonds. The van der Waals surface area contributed by atoms with Gasteiger partial charge in [-0.2, -0.15) is 0 Å². The van der Waals surface area contributed by atoms with Crippen LogP contribution < -0.4 is 15.6 Å². The predicted octanol–water partition coefficient (Wildman–Crippen LogP) is 5.34. The van der Waals surface area contributed by atoms with Gasteiger partial charge in [-0.1, -0.05) is 6.08 Å². The standard InChI is InChI=1S/C36H36F3N5O8/c1-41(2)31(45)10-4-3-9-29(52-36(50)42-13-5-6-14-42)33(46)40-28-8-7-15-43(34(28)47)20-26-17-23-16-25(38)19-30(32(23)44(26)35(48)49)51-21-22-11-12-24(37)18-27(22)39/h4,7-8,10-12,15-19,29H,3,5-6,9,13-14,20-21H2,1-2H3,(H,40,46)(H,48,49)/b10-4+/t29-/m0/s1. The lowest BCUT2D eigenvalue weighted by atomic mass is 10.1. The van der Waals surface area contributed by atoms with Crippen molar-refractivity contribution in [1.82, 2.24) is 18.9 Å². The van der Waals surface area contributed by atoms with E-state index in [0.29, 0.717) is 19.2 Å².